The molecule has 1 amide bonds. The molecule has 0 radical (unpaired) electrons. The van der Waals surface area contributed by atoms with Crippen LogP contribution in [-0.2, 0) is 21.2 Å². The molecule has 0 saturated carbocycles. The van der Waals surface area contributed by atoms with Crippen LogP contribution in [0.1, 0.15) is 13.3 Å². The van der Waals surface area contributed by atoms with Gasteiger partial charge < -0.3 is 9.30 Å². The van der Waals surface area contributed by atoms with Crippen LogP contribution >= 0.6 is 0 Å². The second-order valence-electron chi connectivity index (χ2n) is 6.71. The molecular weight excluding hydrogens is 429 g/mol. The first-order valence-corrected chi connectivity index (χ1v) is 10.4. The van der Waals surface area contributed by atoms with Gasteiger partial charge in [-0.2, -0.15) is 0 Å². The molecule has 0 aliphatic heterocycles. The van der Waals surface area contributed by atoms with E-state index in [-0.39, 0.29) is 13.0 Å². The van der Waals surface area contributed by atoms with Crippen LogP contribution in [0.4, 0.5) is 13.2 Å². The lowest BCUT2D eigenvalue weighted by atomic mass is 10.1. The van der Waals surface area contributed by atoms with E-state index in [1.807, 2.05) is 0 Å². The van der Waals surface area contributed by atoms with Gasteiger partial charge in [0.15, 0.2) is 14.6 Å². The lowest BCUT2D eigenvalue weighted by molar-refractivity contribution is -0.274. The molecule has 2 rings (SSSR count). The number of nitrogens with one attached hydrogen (secondary N) is 1. The molecule has 0 aliphatic carbocycles. The van der Waals surface area contributed by atoms with Gasteiger partial charge in [-0.15, -0.1) is 13.2 Å². The van der Waals surface area contributed by atoms with Crippen molar-refractivity contribution >= 4 is 15.7 Å². The maximum Gasteiger partial charge on any atom is 0.573 e. The van der Waals surface area contributed by atoms with Crippen molar-refractivity contribution in [2.24, 2.45) is 0 Å². The number of carbonyl (C=O) groups is 1. The summed E-state index contributed by atoms with van der Waals surface area (Å²) in [6.45, 7) is 1.01. The topological polar surface area (TPSA) is 115 Å². The number of aromatic nitrogens is 1. The average Bonchev–Trinajstić information content (AvgIpc) is 2.64. The number of pyridine rings is 1. The van der Waals surface area contributed by atoms with Crippen LogP contribution in [0, 0.1) is 0 Å². The summed E-state index contributed by atoms with van der Waals surface area (Å²) in [6.07, 6.45) is -2.87. The molecule has 1 heterocycles. The van der Waals surface area contributed by atoms with Crippen LogP contribution in [-0.4, -0.2) is 41.5 Å². The number of amides is 1. The smallest absolute Gasteiger partial charge is 0.406 e. The third-order valence-electron chi connectivity index (χ3n) is 4.65. The Hall–Kier alpha value is -2.86. The molecule has 30 heavy (non-hydrogen) atoms. The molecular formula is C18H19F3N2O6S. The Kier molecular flexibility index (Phi) is 6.62. The van der Waals surface area contributed by atoms with Gasteiger partial charge in [0, 0.05) is 25.1 Å². The molecule has 12 heteroatoms. The highest BCUT2D eigenvalue weighted by Crippen LogP contribution is 2.26. The van der Waals surface area contributed by atoms with E-state index >= 15 is 0 Å². The minimum atomic E-state index is -4.81. The average molecular weight is 448 g/mol. The van der Waals surface area contributed by atoms with Crippen LogP contribution in [0.3, 0.4) is 0 Å². The third-order valence-corrected chi connectivity index (χ3v) is 6.67. The summed E-state index contributed by atoms with van der Waals surface area (Å²) < 4.78 is 63.6. The van der Waals surface area contributed by atoms with Gasteiger partial charge in [-0.3, -0.25) is 14.8 Å². The van der Waals surface area contributed by atoms with Gasteiger partial charge in [-0.1, -0.05) is 12.1 Å². The zero-order valence-corrected chi connectivity index (χ0v) is 16.7. The lowest BCUT2D eigenvalue weighted by Crippen LogP contribution is -2.49. The van der Waals surface area contributed by atoms with Crippen molar-refractivity contribution in [2.75, 3.05) is 6.26 Å². The van der Waals surface area contributed by atoms with Gasteiger partial charge >= 0.3 is 6.36 Å². The molecule has 2 aromatic rings. The number of hydrogen-bond acceptors (Lipinski definition) is 6. The predicted molar refractivity (Wildman–Crippen MR) is 101 cm³/mol. The van der Waals surface area contributed by atoms with E-state index < -0.39 is 38.2 Å². The highest BCUT2D eigenvalue weighted by atomic mass is 32.2. The number of aryl methyl sites for hydroxylation is 1. The fourth-order valence-electron chi connectivity index (χ4n) is 2.64. The molecule has 0 saturated heterocycles. The van der Waals surface area contributed by atoms with Crippen molar-refractivity contribution in [3.05, 3.63) is 52.9 Å². The van der Waals surface area contributed by atoms with E-state index in [2.05, 4.69) is 4.74 Å². The summed E-state index contributed by atoms with van der Waals surface area (Å²) >= 11 is 0. The number of nitrogens with zero attached hydrogens (tertiary/aromatic N) is 1. The lowest BCUT2D eigenvalue weighted by Gasteiger charge is -2.25. The van der Waals surface area contributed by atoms with Crippen LogP contribution in [0.25, 0.3) is 11.1 Å². The number of hydroxylamine groups is 1. The van der Waals surface area contributed by atoms with E-state index in [0.717, 1.165) is 25.3 Å². The van der Waals surface area contributed by atoms with E-state index in [1.54, 1.807) is 0 Å². The second kappa shape index (κ2) is 8.48. The van der Waals surface area contributed by atoms with Crippen molar-refractivity contribution in [3.8, 4) is 16.9 Å². The number of hydrogen-bond donors (Lipinski definition) is 2. The number of carbonyl (C=O) groups excluding carboxylic acids is 1. The SMILES string of the molecule is C[C@@](CCn1ccc(-c2ccc(OC(F)(F)F)cc2)cc1=O)(C(=O)NO)S(C)(=O)=O. The van der Waals surface area contributed by atoms with Gasteiger partial charge in [0.25, 0.3) is 11.5 Å². The van der Waals surface area contributed by atoms with Crippen LogP contribution < -0.4 is 15.8 Å². The molecule has 2 N–H and O–H groups in total. The summed E-state index contributed by atoms with van der Waals surface area (Å²) in [6, 6.07) is 7.67. The molecule has 0 aliphatic rings. The van der Waals surface area contributed by atoms with Crippen LogP contribution in [0.2, 0.25) is 0 Å². The van der Waals surface area contributed by atoms with Crippen LogP contribution in [0.15, 0.2) is 47.4 Å². The molecule has 1 aromatic heterocycles. The number of sulfone groups is 1. The summed E-state index contributed by atoms with van der Waals surface area (Å²) in [4.78, 5) is 24.2. The Morgan fingerprint density at radius 2 is 1.77 bits per heavy atom. The first-order valence-electron chi connectivity index (χ1n) is 8.48. The molecule has 1 atom stereocenters. The highest BCUT2D eigenvalue weighted by molar-refractivity contribution is 7.92. The van der Waals surface area contributed by atoms with Crippen molar-refractivity contribution in [1.29, 1.82) is 0 Å². The van der Waals surface area contributed by atoms with E-state index in [4.69, 9.17) is 5.21 Å². The first kappa shape index (κ1) is 23.4. The second-order valence-corrected chi connectivity index (χ2v) is 9.16. The fraction of sp³-hybridized carbons (Fsp3) is 0.333. The zero-order chi connectivity index (χ0) is 22.7. The third kappa shape index (κ3) is 5.39. The monoisotopic (exact) mass is 448 g/mol. The summed E-state index contributed by atoms with van der Waals surface area (Å²) in [5.41, 5.74) is 1.71. The molecule has 0 unspecified atom stereocenters. The van der Waals surface area contributed by atoms with Crippen molar-refractivity contribution < 1.29 is 36.3 Å². The standard InChI is InChI=1S/C18H19F3N2O6S/c1-17(16(25)22-26,30(2,27)28)8-10-23-9-7-13(11-15(23)24)12-3-5-14(6-4-12)29-18(19,20)21/h3-7,9,11,26H,8,10H2,1-2H3,(H,22,25)/t17-/m1/s1. The quantitative estimate of drug-likeness (QED) is 0.495. The van der Waals surface area contributed by atoms with Crippen molar-refractivity contribution in [2.45, 2.75) is 31.0 Å². The Labute approximate surface area is 169 Å². The number of alkyl halides is 3. The first-order chi connectivity index (χ1) is 13.8. The molecule has 0 bridgehead atoms. The minimum Gasteiger partial charge on any atom is -0.406 e. The van der Waals surface area contributed by atoms with Crippen LogP contribution in [0.5, 0.6) is 5.75 Å². The van der Waals surface area contributed by atoms with Gasteiger partial charge in [-0.25, -0.2) is 13.9 Å². The largest absolute Gasteiger partial charge is 0.573 e. The van der Waals surface area contributed by atoms with Gasteiger partial charge in [0.2, 0.25) is 0 Å². The van der Waals surface area contributed by atoms with E-state index in [1.165, 1.54) is 40.5 Å². The number of benzene rings is 1. The Bertz CT molecular complexity index is 1080. The van der Waals surface area contributed by atoms with Gasteiger partial charge in [-0.05, 0) is 42.7 Å². The predicted octanol–water partition coefficient (Wildman–Crippen LogP) is 2.11. The number of ether oxygens (including phenoxy) is 1. The molecule has 1 aromatic carbocycles. The fourth-order valence-corrected chi connectivity index (χ4v) is 3.48. The van der Waals surface area contributed by atoms with Gasteiger partial charge in [0.1, 0.15) is 5.75 Å². The normalized spacial score (nSPS) is 14.1. The Balaban J connectivity index is 2.21. The van der Waals surface area contributed by atoms with Gasteiger partial charge in [0.05, 0.1) is 0 Å². The molecule has 8 nitrogen and oxygen atoms in total. The Morgan fingerprint density at radius 1 is 1.17 bits per heavy atom. The van der Waals surface area contributed by atoms with Crippen molar-refractivity contribution in [3.63, 3.8) is 0 Å². The molecule has 0 spiro atoms. The van der Waals surface area contributed by atoms with E-state index in [0.29, 0.717) is 11.1 Å². The summed E-state index contributed by atoms with van der Waals surface area (Å²) in [7, 11) is -3.91. The minimum absolute atomic E-state index is 0.130. The summed E-state index contributed by atoms with van der Waals surface area (Å²) in [5.74, 6) is -1.52. The highest BCUT2D eigenvalue weighted by Gasteiger charge is 2.43. The zero-order valence-electron chi connectivity index (χ0n) is 15.9. The maximum absolute atomic E-state index is 12.4. The molecule has 164 valence electrons. The van der Waals surface area contributed by atoms with E-state index in [9.17, 15) is 31.2 Å². The summed E-state index contributed by atoms with van der Waals surface area (Å²) in [5, 5.41) is 8.83. The molecule has 0 fully saturated rings. The Morgan fingerprint density at radius 3 is 2.23 bits per heavy atom. The maximum atomic E-state index is 12.4. The number of halogens is 3. The van der Waals surface area contributed by atoms with Crippen molar-refractivity contribution in [1.82, 2.24) is 10.0 Å². The number of rotatable bonds is 7.